The van der Waals surface area contributed by atoms with Crippen molar-refractivity contribution in [3.63, 3.8) is 0 Å². The van der Waals surface area contributed by atoms with Crippen molar-refractivity contribution in [2.24, 2.45) is 10.2 Å². The average Bonchev–Trinajstić information content (AvgIpc) is 2.67. The Hall–Kier alpha value is -4.10. The third-order valence-corrected chi connectivity index (χ3v) is 5.21. The molecule has 0 fully saturated rings. The minimum absolute atomic E-state index is 0.0390. The van der Waals surface area contributed by atoms with Crippen LogP contribution in [0.3, 0.4) is 0 Å². The van der Waals surface area contributed by atoms with Gasteiger partial charge in [-0.3, -0.25) is 19.5 Å². The second-order valence-electron chi connectivity index (χ2n) is 6.77. The van der Waals surface area contributed by atoms with Crippen LogP contribution in [0.15, 0.2) is 51.5 Å². The number of nitro benzene ring substituents is 1. The Labute approximate surface area is 180 Å². The van der Waals surface area contributed by atoms with Crippen LogP contribution in [-0.2, 0) is 14.9 Å². The maximum atomic E-state index is 11.8. The second kappa shape index (κ2) is 8.20. The van der Waals surface area contributed by atoms with E-state index >= 15 is 0 Å². The summed E-state index contributed by atoms with van der Waals surface area (Å²) in [7, 11) is -4.77. The van der Waals surface area contributed by atoms with Gasteiger partial charge in [0, 0.05) is 35.5 Å². The van der Waals surface area contributed by atoms with Gasteiger partial charge in [-0.15, -0.1) is 10.2 Å². The number of nitro groups is 1. The lowest BCUT2D eigenvalue weighted by molar-refractivity contribution is -0.385. The van der Waals surface area contributed by atoms with E-state index < -0.39 is 43.0 Å². The first-order valence-electron chi connectivity index (χ1n) is 8.83. The van der Waals surface area contributed by atoms with Crippen LogP contribution in [0.25, 0.3) is 10.8 Å². The number of aryl methyl sites for hydroxylation is 1. The van der Waals surface area contributed by atoms with Gasteiger partial charge in [-0.1, -0.05) is 0 Å². The fourth-order valence-electron chi connectivity index (χ4n) is 3.02. The molecule has 0 saturated carbocycles. The van der Waals surface area contributed by atoms with E-state index in [-0.39, 0.29) is 27.8 Å². The molecule has 32 heavy (non-hydrogen) atoms. The number of carbonyl (C=O) groups is 1. The number of nitrogens with one attached hydrogen (secondary N) is 1. The highest BCUT2D eigenvalue weighted by molar-refractivity contribution is 7.86. The third kappa shape index (κ3) is 4.48. The number of phenols is 2. The van der Waals surface area contributed by atoms with Gasteiger partial charge < -0.3 is 15.5 Å². The van der Waals surface area contributed by atoms with Crippen LogP contribution in [-0.4, -0.2) is 34.0 Å². The number of phenolic OH excluding ortho intramolecular Hbond substituents is 2. The molecular formula is C19H16N4O8S. The number of aromatic hydroxyl groups is 2. The number of amides is 1. The van der Waals surface area contributed by atoms with Crippen molar-refractivity contribution in [1.82, 2.24) is 0 Å². The number of hydrogen-bond donors (Lipinski definition) is 4. The number of benzene rings is 3. The van der Waals surface area contributed by atoms with E-state index in [1.807, 2.05) is 0 Å². The van der Waals surface area contributed by atoms with Crippen molar-refractivity contribution in [3.8, 4) is 11.5 Å². The SMILES string of the molecule is CC(=O)Nc1ccc2c(N=Nc3cc(C)cc([N+](=O)[O-])c3O)c(O)cc(S(=O)(=O)O)c2c1. The van der Waals surface area contributed by atoms with Crippen molar-refractivity contribution in [2.75, 3.05) is 5.32 Å². The summed E-state index contributed by atoms with van der Waals surface area (Å²) in [6.45, 7) is 2.79. The van der Waals surface area contributed by atoms with Crippen molar-refractivity contribution in [2.45, 2.75) is 18.7 Å². The summed E-state index contributed by atoms with van der Waals surface area (Å²) in [4.78, 5) is 21.0. The summed E-state index contributed by atoms with van der Waals surface area (Å²) in [5.41, 5.74) is -0.437. The van der Waals surface area contributed by atoms with Crippen LogP contribution >= 0.6 is 0 Å². The molecule has 1 amide bonds. The maximum Gasteiger partial charge on any atom is 0.313 e. The minimum Gasteiger partial charge on any atom is -0.506 e. The number of rotatable bonds is 5. The Balaban J connectivity index is 2.25. The predicted molar refractivity (Wildman–Crippen MR) is 113 cm³/mol. The van der Waals surface area contributed by atoms with E-state index in [1.54, 1.807) is 6.92 Å². The molecule has 13 heteroatoms. The molecule has 166 valence electrons. The molecule has 0 spiro atoms. The van der Waals surface area contributed by atoms with Gasteiger partial charge in [-0.2, -0.15) is 8.42 Å². The first-order valence-corrected chi connectivity index (χ1v) is 10.3. The molecule has 0 heterocycles. The van der Waals surface area contributed by atoms with Gasteiger partial charge in [0.1, 0.15) is 22.0 Å². The number of nitrogens with zero attached hydrogens (tertiary/aromatic N) is 3. The molecule has 0 unspecified atom stereocenters. The lowest BCUT2D eigenvalue weighted by Crippen LogP contribution is -2.06. The summed E-state index contributed by atoms with van der Waals surface area (Å²) in [5, 5.41) is 41.6. The average molecular weight is 460 g/mol. The van der Waals surface area contributed by atoms with Crippen molar-refractivity contribution < 1.29 is 32.9 Å². The summed E-state index contributed by atoms with van der Waals surface area (Å²) < 4.78 is 33.2. The first kappa shape index (κ1) is 22.6. The van der Waals surface area contributed by atoms with Crippen LogP contribution in [0.1, 0.15) is 12.5 Å². The van der Waals surface area contributed by atoms with Crippen LogP contribution in [0.4, 0.5) is 22.7 Å². The summed E-state index contributed by atoms with van der Waals surface area (Å²) in [6.07, 6.45) is 0. The molecule has 3 aromatic rings. The molecular weight excluding hydrogens is 444 g/mol. The van der Waals surface area contributed by atoms with Gasteiger partial charge in [0.2, 0.25) is 11.7 Å². The Kier molecular flexibility index (Phi) is 5.79. The van der Waals surface area contributed by atoms with Gasteiger partial charge in [0.25, 0.3) is 10.1 Å². The molecule has 0 aliphatic heterocycles. The van der Waals surface area contributed by atoms with E-state index in [2.05, 4.69) is 15.5 Å². The molecule has 0 aliphatic carbocycles. The molecule has 0 aromatic heterocycles. The van der Waals surface area contributed by atoms with E-state index in [9.17, 15) is 38.1 Å². The Morgan fingerprint density at radius 3 is 2.38 bits per heavy atom. The van der Waals surface area contributed by atoms with Crippen LogP contribution in [0.5, 0.6) is 11.5 Å². The molecule has 3 aromatic carbocycles. The highest BCUT2D eigenvalue weighted by Crippen LogP contribution is 2.43. The molecule has 12 nitrogen and oxygen atoms in total. The number of carbonyl (C=O) groups excluding carboxylic acids is 1. The summed E-state index contributed by atoms with van der Waals surface area (Å²) in [5.74, 6) is -1.83. The monoisotopic (exact) mass is 460 g/mol. The van der Waals surface area contributed by atoms with E-state index in [0.717, 1.165) is 12.1 Å². The van der Waals surface area contributed by atoms with Crippen LogP contribution in [0.2, 0.25) is 0 Å². The zero-order chi connectivity index (χ0) is 23.8. The van der Waals surface area contributed by atoms with Crippen molar-refractivity contribution in [3.05, 3.63) is 52.1 Å². The number of azo groups is 1. The maximum absolute atomic E-state index is 11.8. The van der Waals surface area contributed by atoms with Gasteiger partial charge in [0.05, 0.1) is 4.92 Å². The smallest absolute Gasteiger partial charge is 0.313 e. The van der Waals surface area contributed by atoms with Crippen LogP contribution in [0, 0.1) is 17.0 Å². The highest BCUT2D eigenvalue weighted by Gasteiger charge is 2.21. The Morgan fingerprint density at radius 1 is 1.09 bits per heavy atom. The van der Waals surface area contributed by atoms with E-state index in [4.69, 9.17) is 0 Å². The number of fused-ring (bicyclic) bond motifs is 1. The minimum atomic E-state index is -4.77. The Morgan fingerprint density at radius 2 is 1.78 bits per heavy atom. The van der Waals surface area contributed by atoms with Gasteiger partial charge in [-0.25, -0.2) is 0 Å². The van der Waals surface area contributed by atoms with Gasteiger partial charge in [-0.05, 0) is 36.8 Å². The lowest BCUT2D eigenvalue weighted by atomic mass is 10.1. The van der Waals surface area contributed by atoms with Gasteiger partial charge in [0.15, 0.2) is 0 Å². The fraction of sp³-hybridized carbons (Fsp3) is 0.105. The highest BCUT2D eigenvalue weighted by atomic mass is 32.2. The number of anilines is 1. The zero-order valence-corrected chi connectivity index (χ0v) is 17.4. The molecule has 0 aliphatic rings. The molecule has 0 bridgehead atoms. The van der Waals surface area contributed by atoms with Crippen LogP contribution < -0.4 is 5.32 Å². The third-order valence-electron chi connectivity index (χ3n) is 4.32. The standard InChI is InChI=1S/C19H16N4O8S/c1-9-5-14(19(26)15(6-9)23(27)28)21-22-18-12-4-3-11(20-10(2)24)7-13(12)17(8-16(18)25)32(29,30)31/h3-8,25-26H,1-2H3,(H,20,24)(H,29,30,31). The summed E-state index contributed by atoms with van der Waals surface area (Å²) in [6, 6.07) is 7.22. The zero-order valence-electron chi connectivity index (χ0n) is 16.6. The van der Waals surface area contributed by atoms with E-state index in [1.165, 1.54) is 31.2 Å². The number of hydrogen-bond acceptors (Lipinski definition) is 9. The molecule has 3 rings (SSSR count). The fourth-order valence-corrected chi connectivity index (χ4v) is 3.73. The van der Waals surface area contributed by atoms with Crippen molar-refractivity contribution in [1.29, 1.82) is 0 Å². The lowest BCUT2D eigenvalue weighted by Gasteiger charge is -2.11. The Bertz CT molecular complexity index is 1420. The van der Waals surface area contributed by atoms with Crippen molar-refractivity contribution >= 4 is 49.5 Å². The van der Waals surface area contributed by atoms with E-state index in [0.29, 0.717) is 5.56 Å². The normalized spacial score (nSPS) is 11.7. The van der Waals surface area contributed by atoms with Gasteiger partial charge >= 0.3 is 5.69 Å². The molecule has 4 N–H and O–H groups in total. The predicted octanol–water partition coefficient (Wildman–Crippen LogP) is 4.09. The molecule has 0 saturated heterocycles. The topological polar surface area (TPSA) is 192 Å². The summed E-state index contributed by atoms with van der Waals surface area (Å²) >= 11 is 0. The quantitative estimate of drug-likeness (QED) is 0.189. The molecule has 0 atom stereocenters. The largest absolute Gasteiger partial charge is 0.506 e. The molecule has 0 radical (unpaired) electrons. The second-order valence-corrected chi connectivity index (χ2v) is 8.16. The first-order chi connectivity index (χ1) is 14.9.